The molecule has 0 amide bonds. The van der Waals surface area contributed by atoms with Crippen molar-refractivity contribution in [1.82, 2.24) is 5.16 Å². The molecule has 7 nitrogen and oxygen atoms in total. The molecule has 7 heteroatoms. The molecule has 0 spiro atoms. The fourth-order valence-corrected chi connectivity index (χ4v) is 1.26. The second-order valence-electron chi connectivity index (χ2n) is 2.93. The number of oxime groups is 1. The predicted octanol–water partition coefficient (Wildman–Crippen LogP) is 1.59. The van der Waals surface area contributed by atoms with Gasteiger partial charge in [0.2, 0.25) is 12.0 Å². The first kappa shape index (κ1) is 9.38. The van der Waals surface area contributed by atoms with Crippen LogP contribution in [0.15, 0.2) is 28.6 Å². The highest BCUT2D eigenvalue weighted by Gasteiger charge is 2.32. The highest BCUT2D eigenvalue weighted by Crippen LogP contribution is 2.32. The monoisotopic (exact) mass is 209 g/mol. The van der Waals surface area contributed by atoms with Gasteiger partial charge in [0.05, 0.1) is 10.6 Å². The maximum absolute atomic E-state index is 10.6. The van der Waals surface area contributed by atoms with Crippen molar-refractivity contribution >= 4 is 11.4 Å². The van der Waals surface area contributed by atoms with Gasteiger partial charge in [-0.1, -0.05) is 16.9 Å². The Kier molecular flexibility index (Phi) is 2.20. The molecule has 0 aromatic carbocycles. The molecule has 2 rings (SSSR count). The first-order valence-electron chi connectivity index (χ1n) is 4.16. The lowest BCUT2D eigenvalue weighted by Crippen LogP contribution is -2.02. The lowest BCUT2D eigenvalue weighted by atomic mass is 10.1. The van der Waals surface area contributed by atoms with Gasteiger partial charge in [-0.15, -0.1) is 0 Å². The molecule has 0 N–H and O–H groups in total. The third kappa shape index (κ3) is 1.58. The average molecular weight is 209 g/mol. The Morgan fingerprint density at radius 1 is 1.73 bits per heavy atom. The van der Waals surface area contributed by atoms with Crippen LogP contribution in [0.4, 0.5) is 5.69 Å². The van der Waals surface area contributed by atoms with E-state index in [0.717, 1.165) is 6.26 Å². The minimum atomic E-state index is -0.568. The summed E-state index contributed by atoms with van der Waals surface area (Å²) in [4.78, 5) is 15.0. The fraction of sp³-hybridized carbons (Fsp3) is 0.250. The predicted molar refractivity (Wildman–Crippen MR) is 49.2 cm³/mol. The summed E-state index contributed by atoms with van der Waals surface area (Å²) in [5.41, 5.74) is 0.596. The van der Waals surface area contributed by atoms with E-state index >= 15 is 0 Å². The van der Waals surface area contributed by atoms with Crippen LogP contribution in [-0.2, 0) is 4.84 Å². The van der Waals surface area contributed by atoms with Crippen LogP contribution in [-0.4, -0.2) is 15.8 Å². The summed E-state index contributed by atoms with van der Waals surface area (Å²) in [7, 11) is 0. The maximum atomic E-state index is 10.6. The number of hydrogen-bond donors (Lipinski definition) is 0. The summed E-state index contributed by atoms with van der Waals surface area (Å²) in [6.45, 7) is 3.53. The van der Waals surface area contributed by atoms with E-state index in [-0.39, 0.29) is 11.4 Å². The number of nitrogens with zero attached hydrogens (tertiary/aromatic N) is 3. The van der Waals surface area contributed by atoms with Gasteiger partial charge >= 0.3 is 5.69 Å². The molecule has 1 aromatic heterocycles. The summed E-state index contributed by atoms with van der Waals surface area (Å²) < 4.78 is 4.54. The van der Waals surface area contributed by atoms with Gasteiger partial charge in [0.25, 0.3) is 0 Å². The van der Waals surface area contributed by atoms with Gasteiger partial charge < -0.3 is 9.36 Å². The molecule has 1 aliphatic rings. The molecular formula is C8H7N3O4. The van der Waals surface area contributed by atoms with Crippen molar-refractivity contribution in [3.63, 3.8) is 0 Å². The van der Waals surface area contributed by atoms with E-state index in [0.29, 0.717) is 12.1 Å². The molecule has 2 heterocycles. The van der Waals surface area contributed by atoms with Crippen molar-refractivity contribution in [2.24, 2.45) is 5.16 Å². The van der Waals surface area contributed by atoms with Crippen LogP contribution in [0.3, 0.4) is 0 Å². The second kappa shape index (κ2) is 3.52. The van der Waals surface area contributed by atoms with Crippen molar-refractivity contribution in [2.75, 3.05) is 0 Å². The van der Waals surface area contributed by atoms with Crippen LogP contribution in [0.25, 0.3) is 0 Å². The second-order valence-corrected chi connectivity index (χ2v) is 2.93. The average Bonchev–Trinajstić information content (AvgIpc) is 2.85. The highest BCUT2D eigenvalue weighted by molar-refractivity contribution is 5.95. The summed E-state index contributed by atoms with van der Waals surface area (Å²) >= 11 is 0. The third-order valence-corrected chi connectivity index (χ3v) is 2.01. The van der Waals surface area contributed by atoms with Crippen molar-refractivity contribution in [1.29, 1.82) is 0 Å². The van der Waals surface area contributed by atoms with E-state index in [9.17, 15) is 10.1 Å². The largest absolute Gasteiger partial charge is 0.385 e. The van der Waals surface area contributed by atoms with Crippen molar-refractivity contribution in [3.8, 4) is 0 Å². The normalized spacial score (nSPS) is 19.5. The van der Waals surface area contributed by atoms with Crippen LogP contribution >= 0.6 is 0 Å². The smallest absolute Gasteiger partial charge is 0.335 e. The SMILES string of the molecule is C=CC1=NOC(c2nocc2[N+](=O)[O-])C1. The summed E-state index contributed by atoms with van der Waals surface area (Å²) in [5, 5.41) is 17.8. The number of rotatable bonds is 3. The molecule has 1 unspecified atom stereocenters. The first-order valence-corrected chi connectivity index (χ1v) is 4.16. The minimum absolute atomic E-state index is 0.153. The van der Waals surface area contributed by atoms with Gasteiger partial charge in [-0.3, -0.25) is 10.1 Å². The van der Waals surface area contributed by atoms with E-state index in [1.807, 2.05) is 0 Å². The van der Waals surface area contributed by atoms with Gasteiger partial charge in [0, 0.05) is 6.42 Å². The molecule has 0 saturated carbocycles. The van der Waals surface area contributed by atoms with Crippen LogP contribution in [0.2, 0.25) is 0 Å². The third-order valence-electron chi connectivity index (χ3n) is 2.01. The van der Waals surface area contributed by atoms with Crippen molar-refractivity contribution in [2.45, 2.75) is 12.5 Å². The molecule has 1 atom stereocenters. The quantitative estimate of drug-likeness (QED) is 0.556. The Hall–Kier alpha value is -2.18. The molecule has 0 saturated heterocycles. The zero-order chi connectivity index (χ0) is 10.8. The van der Waals surface area contributed by atoms with Gasteiger partial charge in [0.15, 0.2) is 6.10 Å². The Morgan fingerprint density at radius 3 is 3.13 bits per heavy atom. The zero-order valence-electron chi connectivity index (χ0n) is 7.62. The number of hydrogen-bond acceptors (Lipinski definition) is 6. The zero-order valence-corrected chi connectivity index (χ0v) is 7.62. The summed E-state index contributed by atoms with van der Waals surface area (Å²) in [6, 6.07) is 0. The van der Waals surface area contributed by atoms with Gasteiger partial charge in [0.1, 0.15) is 0 Å². The Balaban J connectivity index is 2.22. The topological polar surface area (TPSA) is 90.8 Å². The summed E-state index contributed by atoms with van der Waals surface area (Å²) in [5.74, 6) is 0. The van der Waals surface area contributed by atoms with Crippen molar-refractivity contribution in [3.05, 3.63) is 34.7 Å². The van der Waals surface area contributed by atoms with Gasteiger partial charge in [-0.05, 0) is 6.08 Å². The molecule has 0 radical (unpaired) electrons. The molecule has 0 aliphatic carbocycles. The lowest BCUT2D eigenvalue weighted by Gasteiger charge is -2.01. The van der Waals surface area contributed by atoms with Crippen molar-refractivity contribution < 1.29 is 14.3 Å². The fourth-order valence-electron chi connectivity index (χ4n) is 1.26. The van der Waals surface area contributed by atoms with Crippen LogP contribution in [0.5, 0.6) is 0 Å². The lowest BCUT2D eigenvalue weighted by molar-refractivity contribution is -0.386. The van der Waals surface area contributed by atoms with Crippen LogP contribution in [0, 0.1) is 10.1 Å². The Labute approximate surface area is 84.1 Å². The standard InChI is InChI=1S/C8H7N3O4/c1-2-5-3-7(15-9-5)8-6(11(12)13)4-14-10-8/h2,4,7H,1,3H2. The molecule has 1 aromatic rings. The molecule has 0 bridgehead atoms. The van der Waals surface area contributed by atoms with E-state index in [4.69, 9.17) is 4.84 Å². The number of aromatic nitrogens is 1. The Morgan fingerprint density at radius 2 is 2.53 bits per heavy atom. The molecular weight excluding hydrogens is 202 g/mol. The van der Waals surface area contributed by atoms with E-state index in [2.05, 4.69) is 21.4 Å². The van der Waals surface area contributed by atoms with E-state index in [1.54, 1.807) is 0 Å². The number of allylic oxidation sites excluding steroid dienone is 1. The minimum Gasteiger partial charge on any atom is -0.385 e. The summed E-state index contributed by atoms with van der Waals surface area (Å²) in [6.07, 6.45) is 2.37. The molecule has 1 aliphatic heterocycles. The number of nitro groups is 1. The first-order chi connectivity index (χ1) is 7.22. The van der Waals surface area contributed by atoms with E-state index < -0.39 is 11.0 Å². The molecule has 78 valence electrons. The maximum Gasteiger partial charge on any atom is 0.335 e. The van der Waals surface area contributed by atoms with Gasteiger partial charge in [-0.2, -0.15) is 0 Å². The van der Waals surface area contributed by atoms with Crippen LogP contribution < -0.4 is 0 Å². The van der Waals surface area contributed by atoms with Gasteiger partial charge in [-0.25, -0.2) is 0 Å². The molecule has 15 heavy (non-hydrogen) atoms. The molecule has 0 fully saturated rings. The van der Waals surface area contributed by atoms with Crippen LogP contribution in [0.1, 0.15) is 18.2 Å². The van der Waals surface area contributed by atoms with E-state index in [1.165, 1.54) is 6.08 Å². The Bertz CT molecular complexity index is 437. The highest BCUT2D eigenvalue weighted by atomic mass is 16.6.